The Hall–Kier alpha value is -2.01. The zero-order chi connectivity index (χ0) is 12.4. The van der Waals surface area contributed by atoms with Crippen molar-refractivity contribution in [1.29, 1.82) is 0 Å². The van der Waals surface area contributed by atoms with Crippen molar-refractivity contribution in [2.45, 2.75) is 13.5 Å². The van der Waals surface area contributed by atoms with Crippen molar-refractivity contribution in [3.8, 4) is 11.1 Å². The fourth-order valence-corrected chi connectivity index (χ4v) is 1.77. The summed E-state index contributed by atoms with van der Waals surface area (Å²) in [6.07, 6.45) is 0. The van der Waals surface area contributed by atoms with Gasteiger partial charge in [-0.3, -0.25) is 14.6 Å². The molecule has 1 heterocycles. The third-order valence-electron chi connectivity index (χ3n) is 2.67. The van der Waals surface area contributed by atoms with Gasteiger partial charge in [0.25, 0.3) is 5.56 Å². The Morgan fingerprint density at radius 2 is 2.00 bits per heavy atom. The maximum absolute atomic E-state index is 11.8. The van der Waals surface area contributed by atoms with E-state index in [1.807, 2.05) is 31.2 Å². The minimum atomic E-state index is -0.236. The van der Waals surface area contributed by atoms with Gasteiger partial charge in [-0.1, -0.05) is 29.8 Å². The molecule has 0 unspecified atom stereocenters. The minimum absolute atomic E-state index is 0.0673. The maximum Gasteiger partial charge on any atom is 0.274 e. The van der Waals surface area contributed by atoms with Crippen molar-refractivity contribution in [3.05, 3.63) is 40.2 Å². The number of nitrogens with two attached hydrogens (primary N) is 1. The number of anilines is 1. The van der Waals surface area contributed by atoms with Crippen LogP contribution in [0.4, 0.5) is 5.82 Å². The van der Waals surface area contributed by atoms with E-state index in [9.17, 15) is 4.79 Å². The van der Waals surface area contributed by atoms with Crippen LogP contribution in [0.25, 0.3) is 11.1 Å². The predicted molar refractivity (Wildman–Crippen MR) is 66.7 cm³/mol. The van der Waals surface area contributed by atoms with Crippen molar-refractivity contribution in [2.75, 3.05) is 12.3 Å². The second kappa shape index (κ2) is 4.47. The molecule has 0 atom stereocenters. The van der Waals surface area contributed by atoms with Gasteiger partial charge >= 0.3 is 0 Å². The van der Waals surface area contributed by atoms with Crippen molar-refractivity contribution < 1.29 is 5.11 Å². The number of nitrogens with one attached hydrogen (secondary N) is 1. The number of aliphatic hydroxyl groups excluding tert-OH is 1. The average molecular weight is 233 g/mol. The van der Waals surface area contributed by atoms with E-state index in [1.165, 1.54) is 4.68 Å². The van der Waals surface area contributed by atoms with Crippen LogP contribution in [0, 0.1) is 6.92 Å². The van der Waals surface area contributed by atoms with Crippen LogP contribution in [0.5, 0.6) is 0 Å². The van der Waals surface area contributed by atoms with Crippen LogP contribution in [0.1, 0.15) is 5.56 Å². The van der Waals surface area contributed by atoms with Gasteiger partial charge in [-0.05, 0) is 12.5 Å². The number of nitrogen functional groups attached to an aromatic ring is 1. The van der Waals surface area contributed by atoms with Crippen LogP contribution < -0.4 is 11.3 Å². The van der Waals surface area contributed by atoms with E-state index >= 15 is 0 Å². The van der Waals surface area contributed by atoms with Crippen LogP contribution in [0.2, 0.25) is 0 Å². The molecule has 1 aromatic carbocycles. The smallest absolute Gasteiger partial charge is 0.274 e. The first-order chi connectivity index (χ1) is 8.13. The summed E-state index contributed by atoms with van der Waals surface area (Å²) in [4.78, 5) is 11.8. The summed E-state index contributed by atoms with van der Waals surface area (Å²) < 4.78 is 1.46. The van der Waals surface area contributed by atoms with Gasteiger partial charge in [-0.15, -0.1) is 0 Å². The lowest BCUT2D eigenvalue weighted by Crippen LogP contribution is -2.09. The molecule has 90 valence electrons. The number of H-pyrrole nitrogens is 1. The lowest BCUT2D eigenvalue weighted by atomic mass is 10.1. The Balaban J connectivity index is 2.52. The molecule has 1 aromatic heterocycles. The zero-order valence-corrected chi connectivity index (χ0v) is 9.60. The van der Waals surface area contributed by atoms with E-state index in [0.29, 0.717) is 11.4 Å². The number of hydrogen-bond donors (Lipinski definition) is 3. The molecule has 5 nitrogen and oxygen atoms in total. The summed E-state index contributed by atoms with van der Waals surface area (Å²) in [5, 5.41) is 11.5. The number of rotatable bonds is 3. The summed E-state index contributed by atoms with van der Waals surface area (Å²) in [6, 6.07) is 7.58. The molecule has 2 rings (SSSR count). The van der Waals surface area contributed by atoms with Gasteiger partial charge in [0.2, 0.25) is 0 Å². The van der Waals surface area contributed by atoms with E-state index in [1.54, 1.807) is 0 Å². The monoisotopic (exact) mass is 233 g/mol. The van der Waals surface area contributed by atoms with Crippen molar-refractivity contribution in [2.24, 2.45) is 0 Å². The normalized spacial score (nSPS) is 10.7. The van der Waals surface area contributed by atoms with Gasteiger partial charge in [-0.2, -0.15) is 0 Å². The number of aromatic amines is 1. The Morgan fingerprint density at radius 3 is 2.59 bits per heavy atom. The topological polar surface area (TPSA) is 84.0 Å². The largest absolute Gasteiger partial charge is 0.394 e. The molecule has 0 spiro atoms. The lowest BCUT2D eigenvalue weighted by Gasteiger charge is -2.03. The quantitative estimate of drug-likeness (QED) is 0.730. The highest BCUT2D eigenvalue weighted by atomic mass is 16.3. The molecule has 17 heavy (non-hydrogen) atoms. The Kier molecular flexibility index (Phi) is 3.01. The third kappa shape index (κ3) is 2.09. The molecule has 0 saturated heterocycles. The average Bonchev–Trinajstić information content (AvgIpc) is 2.57. The Morgan fingerprint density at radius 1 is 1.35 bits per heavy atom. The van der Waals surface area contributed by atoms with Crippen molar-refractivity contribution in [3.63, 3.8) is 0 Å². The fourth-order valence-electron chi connectivity index (χ4n) is 1.77. The van der Waals surface area contributed by atoms with E-state index in [-0.39, 0.29) is 18.7 Å². The molecule has 0 saturated carbocycles. The van der Waals surface area contributed by atoms with Crippen molar-refractivity contribution >= 4 is 5.82 Å². The first-order valence-electron chi connectivity index (χ1n) is 5.39. The third-order valence-corrected chi connectivity index (χ3v) is 2.67. The maximum atomic E-state index is 11.8. The molecule has 0 bridgehead atoms. The van der Waals surface area contributed by atoms with Crippen LogP contribution in [-0.2, 0) is 6.54 Å². The summed E-state index contributed by atoms with van der Waals surface area (Å²) >= 11 is 0. The van der Waals surface area contributed by atoms with Gasteiger partial charge in [0.1, 0.15) is 5.82 Å². The summed E-state index contributed by atoms with van der Waals surface area (Å²) in [5.41, 5.74) is 8.01. The predicted octanol–water partition coefficient (Wildman–Crippen LogP) is 0.726. The highest BCUT2D eigenvalue weighted by Gasteiger charge is 2.13. The molecular formula is C12H15N3O2. The number of aromatic nitrogens is 2. The van der Waals surface area contributed by atoms with Crippen LogP contribution in [0.3, 0.4) is 0 Å². The SMILES string of the molecule is Cc1ccc(-c2c(N)n(CCO)[nH]c2=O)cc1. The first kappa shape index (κ1) is 11.5. The molecule has 0 radical (unpaired) electrons. The van der Waals surface area contributed by atoms with Gasteiger partial charge in [0.05, 0.1) is 18.7 Å². The molecule has 2 aromatic rings. The highest BCUT2D eigenvalue weighted by Crippen LogP contribution is 2.22. The summed E-state index contributed by atoms with van der Waals surface area (Å²) in [6.45, 7) is 2.20. The Bertz CT molecular complexity index is 566. The van der Waals surface area contributed by atoms with Crippen molar-refractivity contribution in [1.82, 2.24) is 9.78 Å². The Labute approximate surface area is 98.5 Å². The second-order valence-electron chi connectivity index (χ2n) is 3.94. The minimum Gasteiger partial charge on any atom is -0.394 e. The number of aliphatic hydroxyl groups is 1. The van der Waals surface area contributed by atoms with Gasteiger partial charge < -0.3 is 10.8 Å². The van der Waals surface area contributed by atoms with E-state index < -0.39 is 0 Å². The van der Waals surface area contributed by atoms with Crippen LogP contribution in [0.15, 0.2) is 29.1 Å². The van der Waals surface area contributed by atoms with E-state index in [0.717, 1.165) is 11.1 Å². The standard InChI is InChI=1S/C12H15N3O2/c1-8-2-4-9(5-3-8)10-11(13)15(6-7-16)14-12(10)17/h2-5,16H,6-7,13H2,1H3,(H,14,17). The molecular weight excluding hydrogens is 218 g/mol. The summed E-state index contributed by atoms with van der Waals surface area (Å²) in [7, 11) is 0. The van der Waals surface area contributed by atoms with Gasteiger partial charge in [0.15, 0.2) is 0 Å². The zero-order valence-electron chi connectivity index (χ0n) is 9.60. The molecule has 0 amide bonds. The number of aryl methyl sites for hydroxylation is 1. The second-order valence-corrected chi connectivity index (χ2v) is 3.94. The molecule has 0 aliphatic rings. The van der Waals surface area contributed by atoms with Crippen LogP contribution in [-0.4, -0.2) is 21.5 Å². The van der Waals surface area contributed by atoms with E-state index in [2.05, 4.69) is 5.10 Å². The van der Waals surface area contributed by atoms with Gasteiger partial charge in [0, 0.05) is 0 Å². The fraction of sp³-hybridized carbons (Fsp3) is 0.250. The molecule has 0 aliphatic carbocycles. The van der Waals surface area contributed by atoms with Gasteiger partial charge in [-0.25, -0.2) is 0 Å². The molecule has 5 heteroatoms. The molecule has 0 aliphatic heterocycles. The highest BCUT2D eigenvalue weighted by molar-refractivity contribution is 5.73. The molecule has 4 N–H and O–H groups in total. The number of hydrogen-bond acceptors (Lipinski definition) is 3. The number of benzene rings is 1. The van der Waals surface area contributed by atoms with E-state index in [4.69, 9.17) is 10.8 Å². The lowest BCUT2D eigenvalue weighted by molar-refractivity contribution is 0.270. The molecule has 0 fully saturated rings. The summed E-state index contributed by atoms with van der Waals surface area (Å²) in [5.74, 6) is 0.355. The first-order valence-corrected chi connectivity index (χ1v) is 5.39. The number of nitrogens with zero attached hydrogens (tertiary/aromatic N) is 1. The van der Waals surface area contributed by atoms with Crippen LogP contribution >= 0.6 is 0 Å².